The minimum Gasteiger partial charge on any atom is -0.502 e. The number of nitrogens with one attached hydrogen (secondary N) is 1. The van der Waals surface area contributed by atoms with Gasteiger partial charge in [-0.2, -0.15) is 0 Å². The Morgan fingerprint density at radius 1 is 1.12 bits per heavy atom. The molecule has 0 aliphatic carbocycles. The largest absolute Gasteiger partial charge is 0.502 e. The first-order valence-corrected chi connectivity index (χ1v) is 8.55. The summed E-state index contributed by atoms with van der Waals surface area (Å²) in [6.45, 7) is 3.92. The molecule has 2 heterocycles. The molecule has 1 aliphatic heterocycles. The third-order valence-electron chi connectivity index (χ3n) is 4.15. The van der Waals surface area contributed by atoms with Crippen LogP contribution in [0.4, 0.5) is 0 Å². The van der Waals surface area contributed by atoms with Crippen LogP contribution in [0.3, 0.4) is 0 Å². The average molecular weight is 407 g/mol. The Hall–Kier alpha value is -1.18. The van der Waals surface area contributed by atoms with Crippen molar-refractivity contribution in [1.82, 2.24) is 10.2 Å². The van der Waals surface area contributed by atoms with E-state index in [4.69, 9.17) is 9.47 Å². The zero-order chi connectivity index (χ0) is 16.2. The van der Waals surface area contributed by atoms with Crippen molar-refractivity contribution in [2.45, 2.75) is 6.04 Å². The highest BCUT2D eigenvalue weighted by Crippen LogP contribution is 2.42. The second-order valence-corrected chi connectivity index (χ2v) is 6.46. The summed E-state index contributed by atoms with van der Waals surface area (Å²) in [4.78, 5) is 3.73. The number of hydrogen-bond donors (Lipinski definition) is 2. The summed E-state index contributed by atoms with van der Waals surface area (Å²) in [5.74, 6) is 0.927. The van der Waals surface area contributed by atoms with Crippen molar-refractivity contribution >= 4 is 36.2 Å². The normalized spacial score (nSPS) is 15.6. The summed E-state index contributed by atoms with van der Waals surface area (Å²) in [5.41, 5.74) is 1.07. The monoisotopic (exact) mass is 406 g/mol. The number of nitrogens with zero attached hydrogens (tertiary/aromatic N) is 1. The van der Waals surface area contributed by atoms with E-state index in [0.717, 1.165) is 31.7 Å². The van der Waals surface area contributed by atoms with Crippen molar-refractivity contribution in [3.63, 3.8) is 0 Å². The van der Waals surface area contributed by atoms with Crippen LogP contribution >= 0.6 is 36.2 Å². The number of piperazine rings is 1. The maximum atomic E-state index is 10.2. The number of aromatic hydroxyl groups is 1. The first-order chi connectivity index (χ1) is 11.2. The van der Waals surface area contributed by atoms with Crippen LogP contribution in [0.15, 0.2) is 29.6 Å². The van der Waals surface area contributed by atoms with Gasteiger partial charge in [-0.05, 0) is 29.1 Å². The molecular formula is C17H24Cl2N2O3S. The van der Waals surface area contributed by atoms with Gasteiger partial charge >= 0.3 is 0 Å². The van der Waals surface area contributed by atoms with E-state index in [1.54, 1.807) is 25.6 Å². The molecular weight excluding hydrogens is 383 g/mol. The van der Waals surface area contributed by atoms with Crippen LogP contribution in [0, 0.1) is 0 Å². The van der Waals surface area contributed by atoms with Crippen LogP contribution in [0.2, 0.25) is 0 Å². The lowest BCUT2D eigenvalue weighted by Gasteiger charge is -2.35. The van der Waals surface area contributed by atoms with E-state index in [0.29, 0.717) is 11.5 Å². The first-order valence-electron chi connectivity index (χ1n) is 7.67. The van der Waals surface area contributed by atoms with Crippen molar-refractivity contribution in [3.05, 3.63) is 40.1 Å². The molecule has 2 N–H and O–H groups in total. The fourth-order valence-electron chi connectivity index (χ4n) is 3.01. The maximum Gasteiger partial charge on any atom is 0.200 e. The molecule has 1 saturated heterocycles. The Bertz CT molecular complexity index is 624. The van der Waals surface area contributed by atoms with Gasteiger partial charge in [-0.3, -0.25) is 4.90 Å². The van der Waals surface area contributed by atoms with Crippen LogP contribution in [0.1, 0.15) is 16.5 Å². The Labute approximate surface area is 164 Å². The smallest absolute Gasteiger partial charge is 0.200 e. The van der Waals surface area contributed by atoms with Gasteiger partial charge < -0.3 is 19.9 Å². The Kier molecular flexibility index (Phi) is 8.82. The summed E-state index contributed by atoms with van der Waals surface area (Å²) in [6, 6.07) is 8.18. The molecule has 0 bridgehead atoms. The molecule has 1 aromatic heterocycles. The Balaban J connectivity index is 0.00000156. The molecule has 5 nitrogen and oxygen atoms in total. The highest BCUT2D eigenvalue weighted by molar-refractivity contribution is 7.10. The van der Waals surface area contributed by atoms with Crippen LogP contribution in [-0.4, -0.2) is 50.4 Å². The van der Waals surface area contributed by atoms with Gasteiger partial charge in [0.15, 0.2) is 11.5 Å². The van der Waals surface area contributed by atoms with Crippen molar-refractivity contribution in [1.29, 1.82) is 0 Å². The lowest BCUT2D eigenvalue weighted by Crippen LogP contribution is -2.45. The second-order valence-electron chi connectivity index (χ2n) is 5.48. The van der Waals surface area contributed by atoms with Gasteiger partial charge in [-0.15, -0.1) is 36.2 Å². The molecule has 1 atom stereocenters. The molecule has 25 heavy (non-hydrogen) atoms. The number of phenols is 1. The highest BCUT2D eigenvalue weighted by Gasteiger charge is 2.27. The lowest BCUT2D eigenvalue weighted by atomic mass is 10.0. The fourth-order valence-corrected chi connectivity index (χ4v) is 3.90. The maximum absolute atomic E-state index is 10.2. The molecule has 0 amide bonds. The zero-order valence-corrected chi connectivity index (χ0v) is 16.7. The van der Waals surface area contributed by atoms with Crippen molar-refractivity contribution in [2.24, 2.45) is 0 Å². The van der Waals surface area contributed by atoms with Crippen LogP contribution < -0.4 is 14.8 Å². The number of thiophene rings is 1. The van der Waals surface area contributed by atoms with Crippen molar-refractivity contribution < 1.29 is 14.6 Å². The fraction of sp³-hybridized carbons (Fsp3) is 0.412. The third kappa shape index (κ3) is 4.71. The Morgan fingerprint density at radius 2 is 1.72 bits per heavy atom. The predicted molar refractivity (Wildman–Crippen MR) is 106 cm³/mol. The van der Waals surface area contributed by atoms with Crippen molar-refractivity contribution in [2.75, 3.05) is 40.4 Å². The van der Waals surface area contributed by atoms with Gasteiger partial charge in [-0.25, -0.2) is 0 Å². The Morgan fingerprint density at radius 3 is 2.20 bits per heavy atom. The van der Waals surface area contributed by atoms with Gasteiger partial charge in [0.05, 0.1) is 20.3 Å². The van der Waals surface area contributed by atoms with E-state index in [9.17, 15) is 5.11 Å². The molecule has 1 fully saturated rings. The highest BCUT2D eigenvalue weighted by atomic mass is 35.5. The summed E-state index contributed by atoms with van der Waals surface area (Å²) >= 11 is 1.74. The number of methoxy groups -OCH3 is 2. The molecule has 2 aromatic rings. The quantitative estimate of drug-likeness (QED) is 0.797. The van der Waals surface area contributed by atoms with Crippen LogP contribution in [-0.2, 0) is 0 Å². The summed E-state index contributed by atoms with van der Waals surface area (Å²) in [7, 11) is 3.12. The number of ether oxygens (including phenoxy) is 2. The van der Waals surface area contributed by atoms with Gasteiger partial charge in [0, 0.05) is 31.1 Å². The molecule has 1 aromatic carbocycles. The topological polar surface area (TPSA) is 54.0 Å². The summed E-state index contributed by atoms with van der Waals surface area (Å²) < 4.78 is 10.7. The predicted octanol–water partition coefficient (Wildman–Crippen LogP) is 3.31. The SMILES string of the molecule is COc1cc([C@H](c2cccs2)N2CCNCC2)cc(OC)c1O.Cl.Cl. The minimum absolute atomic E-state index is 0. The first kappa shape index (κ1) is 21.9. The molecule has 1 aliphatic rings. The van der Waals surface area contributed by atoms with Crippen molar-refractivity contribution in [3.8, 4) is 17.2 Å². The molecule has 0 saturated carbocycles. The van der Waals surface area contributed by atoms with Crippen LogP contribution in [0.25, 0.3) is 0 Å². The lowest BCUT2D eigenvalue weighted by molar-refractivity contribution is 0.200. The number of phenolic OH excluding ortho intramolecular Hbond substituents is 1. The van der Waals surface area contributed by atoms with E-state index in [1.165, 1.54) is 4.88 Å². The van der Waals surface area contributed by atoms with Gasteiger partial charge in [-0.1, -0.05) is 6.07 Å². The number of rotatable bonds is 5. The average Bonchev–Trinajstić information content (AvgIpc) is 3.11. The minimum atomic E-state index is 0. The number of benzene rings is 1. The van der Waals surface area contributed by atoms with E-state index < -0.39 is 0 Å². The van der Waals surface area contributed by atoms with Gasteiger partial charge in [0.1, 0.15) is 0 Å². The zero-order valence-electron chi connectivity index (χ0n) is 14.2. The van der Waals surface area contributed by atoms with Gasteiger partial charge in [0.25, 0.3) is 0 Å². The summed E-state index contributed by atoms with van der Waals surface area (Å²) in [6.07, 6.45) is 0. The molecule has 0 spiro atoms. The van der Waals surface area contributed by atoms with E-state index in [-0.39, 0.29) is 36.6 Å². The number of hydrogen-bond acceptors (Lipinski definition) is 6. The summed E-state index contributed by atoms with van der Waals surface area (Å²) in [5, 5.41) is 15.7. The van der Waals surface area contributed by atoms with E-state index in [1.807, 2.05) is 12.1 Å². The van der Waals surface area contributed by atoms with Gasteiger partial charge in [0.2, 0.25) is 5.75 Å². The number of halogens is 2. The molecule has 140 valence electrons. The third-order valence-corrected chi connectivity index (χ3v) is 5.07. The van der Waals surface area contributed by atoms with E-state index in [2.05, 4.69) is 27.7 Å². The molecule has 3 rings (SSSR count). The van der Waals surface area contributed by atoms with Crippen LogP contribution in [0.5, 0.6) is 17.2 Å². The second kappa shape index (κ2) is 10.1. The van der Waals surface area contributed by atoms with E-state index >= 15 is 0 Å². The molecule has 0 unspecified atom stereocenters. The molecule has 8 heteroatoms. The standard InChI is InChI=1S/C17H22N2O3S.2ClH/c1-21-13-10-12(11-14(22-2)17(13)20)16(15-4-3-9-23-15)19-7-5-18-6-8-19;;/h3-4,9-11,16,18,20H,5-8H2,1-2H3;2*1H/t16-;;/m1../s1. The molecule has 0 radical (unpaired) electrons.